The average Bonchev–Trinajstić information content (AvgIpc) is 3.16. The van der Waals surface area contributed by atoms with Gasteiger partial charge in [-0.25, -0.2) is 0 Å². The molecule has 3 aliphatic carbocycles. The van der Waals surface area contributed by atoms with Gasteiger partial charge in [-0.3, -0.25) is 9.80 Å². The summed E-state index contributed by atoms with van der Waals surface area (Å²) in [5.41, 5.74) is 8.16. The van der Waals surface area contributed by atoms with Crippen molar-refractivity contribution in [2.24, 2.45) is 0 Å². The minimum atomic E-state index is 0.634. The maximum Gasteiger partial charge on any atom is 0.0238 e. The van der Waals surface area contributed by atoms with Gasteiger partial charge in [0.25, 0.3) is 0 Å². The van der Waals surface area contributed by atoms with Crippen molar-refractivity contribution in [1.82, 2.24) is 9.80 Å². The number of benzene rings is 2. The zero-order chi connectivity index (χ0) is 17.1. The van der Waals surface area contributed by atoms with Crippen molar-refractivity contribution in [2.75, 3.05) is 26.2 Å². The minimum absolute atomic E-state index is 0.634. The summed E-state index contributed by atoms with van der Waals surface area (Å²) >= 11 is 0. The summed E-state index contributed by atoms with van der Waals surface area (Å²) in [6.07, 6.45) is 5.47. The Morgan fingerprint density at radius 2 is 1.58 bits per heavy atom. The van der Waals surface area contributed by atoms with Gasteiger partial charge < -0.3 is 0 Å². The molecule has 2 saturated heterocycles. The fraction of sp³-hybridized carbons (Fsp3) is 0.500. The van der Waals surface area contributed by atoms with Gasteiger partial charge in [0.15, 0.2) is 0 Å². The van der Waals surface area contributed by atoms with Gasteiger partial charge in [-0.05, 0) is 60.0 Å². The summed E-state index contributed by atoms with van der Waals surface area (Å²) in [6, 6.07) is 17.2. The summed E-state index contributed by atoms with van der Waals surface area (Å²) < 4.78 is 0. The van der Waals surface area contributed by atoms with E-state index in [0.29, 0.717) is 11.8 Å². The average molecular weight is 345 g/mol. The van der Waals surface area contributed by atoms with Crippen LogP contribution in [0.3, 0.4) is 0 Å². The smallest absolute Gasteiger partial charge is 0.0238 e. The van der Waals surface area contributed by atoms with E-state index < -0.39 is 0 Å². The maximum atomic E-state index is 2.73. The van der Waals surface area contributed by atoms with Gasteiger partial charge >= 0.3 is 0 Å². The van der Waals surface area contributed by atoms with Crippen molar-refractivity contribution in [2.45, 2.75) is 50.1 Å². The highest BCUT2D eigenvalue weighted by Crippen LogP contribution is 2.53. The van der Waals surface area contributed by atoms with Gasteiger partial charge in [0.2, 0.25) is 0 Å². The predicted molar refractivity (Wildman–Crippen MR) is 106 cm³/mol. The van der Waals surface area contributed by atoms with Crippen molar-refractivity contribution in [3.63, 3.8) is 0 Å². The molecule has 0 spiro atoms. The molecule has 2 aliphatic heterocycles. The third-order valence-electron chi connectivity index (χ3n) is 7.51. The molecule has 0 amide bonds. The number of nitrogens with zero attached hydrogens (tertiary/aromatic N) is 2. The van der Waals surface area contributed by atoms with Crippen LogP contribution in [0.15, 0.2) is 42.5 Å². The van der Waals surface area contributed by atoms with Crippen LogP contribution in [0, 0.1) is 0 Å². The molecule has 0 saturated carbocycles. The number of rotatable bonds is 2. The Hall–Kier alpha value is -1.64. The second-order valence-electron chi connectivity index (χ2n) is 8.80. The molecule has 2 heterocycles. The summed E-state index contributed by atoms with van der Waals surface area (Å²) in [5.74, 6) is 1.27. The number of fused-ring (bicyclic) bond motifs is 2. The topological polar surface area (TPSA) is 6.48 Å². The predicted octanol–water partition coefficient (Wildman–Crippen LogP) is 4.34. The van der Waals surface area contributed by atoms with Crippen molar-refractivity contribution in [1.29, 1.82) is 0 Å². The second-order valence-corrected chi connectivity index (χ2v) is 8.80. The summed E-state index contributed by atoms with van der Waals surface area (Å²) in [6.45, 7) is 6.27. The molecular weight excluding hydrogens is 316 g/mol. The molecule has 0 radical (unpaired) electrons. The van der Waals surface area contributed by atoms with Gasteiger partial charge in [0.1, 0.15) is 0 Å². The lowest BCUT2D eigenvalue weighted by Crippen LogP contribution is -2.49. The Labute approximate surface area is 156 Å². The standard InChI is InChI=1S/C24H28N2/c1-2-8-20-19(7-1)21-10-11-23(20)24-17(5-3-9-22(21)24)15-25-13-14-26-12-4-6-18(26)16-25/h1-3,5,7-9,18,21,23H,4,6,10-16H2. The lowest BCUT2D eigenvalue weighted by atomic mass is 9.63. The molecule has 3 unspecified atom stereocenters. The Balaban J connectivity index is 1.34. The molecule has 7 rings (SSSR count). The van der Waals surface area contributed by atoms with Gasteiger partial charge in [-0.15, -0.1) is 0 Å². The normalized spacial score (nSPS) is 30.1. The van der Waals surface area contributed by atoms with Crippen LogP contribution in [0.1, 0.15) is 65.3 Å². The number of piperazine rings is 1. The van der Waals surface area contributed by atoms with E-state index in [4.69, 9.17) is 0 Å². The van der Waals surface area contributed by atoms with E-state index in [-0.39, 0.29) is 0 Å². The highest BCUT2D eigenvalue weighted by molar-refractivity contribution is 5.57. The molecule has 134 valence electrons. The van der Waals surface area contributed by atoms with Crippen LogP contribution in [0.4, 0.5) is 0 Å². The van der Waals surface area contributed by atoms with Crippen LogP contribution in [0.25, 0.3) is 0 Å². The van der Waals surface area contributed by atoms with E-state index in [1.54, 1.807) is 27.8 Å². The Kier molecular flexibility index (Phi) is 3.52. The lowest BCUT2D eigenvalue weighted by Gasteiger charge is -2.43. The number of hydrogen-bond acceptors (Lipinski definition) is 2. The molecule has 0 aromatic heterocycles. The van der Waals surface area contributed by atoms with E-state index in [1.807, 2.05) is 0 Å². The van der Waals surface area contributed by atoms with E-state index in [2.05, 4.69) is 52.3 Å². The molecule has 2 bridgehead atoms. The first-order valence-electron chi connectivity index (χ1n) is 10.6. The van der Waals surface area contributed by atoms with Crippen LogP contribution < -0.4 is 0 Å². The molecular formula is C24H28N2. The largest absolute Gasteiger partial charge is 0.298 e. The lowest BCUT2D eigenvalue weighted by molar-refractivity contribution is 0.0990. The fourth-order valence-corrected chi connectivity index (χ4v) is 6.35. The van der Waals surface area contributed by atoms with Gasteiger partial charge in [-0.2, -0.15) is 0 Å². The van der Waals surface area contributed by atoms with E-state index in [1.165, 1.54) is 51.9 Å². The SMILES string of the molecule is c1ccc2c(c1)C1CCC2c2c(CN3CCN4CCCC4C3)cccc21. The summed E-state index contributed by atoms with van der Waals surface area (Å²) in [5, 5.41) is 0. The molecule has 2 fully saturated rings. The number of hydrogen-bond donors (Lipinski definition) is 0. The molecule has 2 nitrogen and oxygen atoms in total. The maximum absolute atomic E-state index is 2.73. The quantitative estimate of drug-likeness (QED) is 0.800. The van der Waals surface area contributed by atoms with Crippen LogP contribution in [0.2, 0.25) is 0 Å². The molecule has 2 aromatic carbocycles. The van der Waals surface area contributed by atoms with Gasteiger partial charge in [0.05, 0.1) is 0 Å². The third-order valence-corrected chi connectivity index (χ3v) is 7.51. The Morgan fingerprint density at radius 1 is 0.769 bits per heavy atom. The molecule has 5 aliphatic rings. The van der Waals surface area contributed by atoms with Crippen molar-refractivity contribution >= 4 is 0 Å². The highest BCUT2D eigenvalue weighted by atomic mass is 15.3. The highest BCUT2D eigenvalue weighted by Gasteiger charge is 2.38. The molecule has 2 heteroatoms. The monoisotopic (exact) mass is 344 g/mol. The minimum Gasteiger partial charge on any atom is -0.298 e. The van der Waals surface area contributed by atoms with Gasteiger partial charge in [0, 0.05) is 44.1 Å². The van der Waals surface area contributed by atoms with E-state index in [9.17, 15) is 0 Å². The summed E-state index contributed by atoms with van der Waals surface area (Å²) in [7, 11) is 0. The van der Waals surface area contributed by atoms with E-state index >= 15 is 0 Å². The Morgan fingerprint density at radius 3 is 2.50 bits per heavy atom. The molecule has 0 N–H and O–H groups in total. The zero-order valence-corrected chi connectivity index (χ0v) is 15.5. The molecule has 3 atom stereocenters. The first-order valence-corrected chi connectivity index (χ1v) is 10.6. The molecule has 2 aromatic rings. The second kappa shape index (κ2) is 5.94. The van der Waals surface area contributed by atoms with Crippen LogP contribution >= 0.6 is 0 Å². The van der Waals surface area contributed by atoms with Crippen molar-refractivity contribution in [3.05, 3.63) is 70.3 Å². The zero-order valence-electron chi connectivity index (χ0n) is 15.5. The van der Waals surface area contributed by atoms with Crippen LogP contribution in [-0.4, -0.2) is 42.0 Å². The Bertz CT molecular complexity index is 842. The van der Waals surface area contributed by atoms with Crippen molar-refractivity contribution in [3.8, 4) is 0 Å². The first-order chi connectivity index (χ1) is 12.9. The van der Waals surface area contributed by atoms with Gasteiger partial charge in [-0.1, -0.05) is 42.5 Å². The molecule has 26 heavy (non-hydrogen) atoms. The first kappa shape index (κ1) is 15.4. The summed E-state index contributed by atoms with van der Waals surface area (Å²) in [4.78, 5) is 5.45. The fourth-order valence-electron chi connectivity index (χ4n) is 6.35. The van der Waals surface area contributed by atoms with Crippen molar-refractivity contribution < 1.29 is 0 Å². The third kappa shape index (κ3) is 2.25. The van der Waals surface area contributed by atoms with Crippen LogP contribution in [-0.2, 0) is 6.54 Å². The van der Waals surface area contributed by atoms with Crippen LogP contribution in [0.5, 0.6) is 0 Å². The van der Waals surface area contributed by atoms with E-state index in [0.717, 1.165) is 12.6 Å².